The van der Waals surface area contributed by atoms with Crippen LogP contribution in [-0.2, 0) is 22.1 Å². The Labute approximate surface area is 174 Å². The lowest BCUT2D eigenvalue weighted by Gasteiger charge is -2.23. The van der Waals surface area contributed by atoms with Crippen LogP contribution in [0.25, 0.3) is 10.2 Å². The van der Waals surface area contributed by atoms with Gasteiger partial charge in [0.1, 0.15) is 5.01 Å². The SMILES string of the molecule is CS(=O)(=O)Cc1ccc(CNC(=O)N2CCCC2c2nc3ccccc3s2)cc1. The lowest BCUT2D eigenvalue weighted by atomic mass is 10.1. The van der Waals surface area contributed by atoms with Gasteiger partial charge in [0.15, 0.2) is 9.84 Å². The molecule has 0 radical (unpaired) electrons. The fourth-order valence-corrected chi connectivity index (χ4v) is 5.55. The Hall–Kier alpha value is -2.45. The summed E-state index contributed by atoms with van der Waals surface area (Å²) < 4.78 is 23.9. The van der Waals surface area contributed by atoms with Gasteiger partial charge in [0.25, 0.3) is 0 Å². The first-order valence-electron chi connectivity index (χ1n) is 9.54. The number of amides is 2. The highest BCUT2D eigenvalue weighted by atomic mass is 32.2. The van der Waals surface area contributed by atoms with Crippen LogP contribution < -0.4 is 5.32 Å². The number of nitrogens with one attached hydrogen (secondary N) is 1. The number of sulfone groups is 1. The molecule has 1 saturated heterocycles. The standard InChI is InChI=1S/C21H23N3O3S2/c1-29(26,27)14-16-10-8-15(9-11-16)13-22-21(25)24-12-4-6-18(24)20-23-17-5-2-3-7-19(17)28-20/h2-3,5,7-11,18H,4,6,12-14H2,1H3,(H,22,25). The molecule has 2 amide bonds. The third-order valence-corrected chi connectivity index (χ3v) is 7.00. The Balaban J connectivity index is 1.40. The van der Waals surface area contributed by atoms with Crippen molar-refractivity contribution in [3.8, 4) is 0 Å². The Morgan fingerprint density at radius 3 is 2.62 bits per heavy atom. The Bertz CT molecular complexity index is 1090. The maximum atomic E-state index is 12.8. The van der Waals surface area contributed by atoms with Crippen molar-refractivity contribution in [2.45, 2.75) is 31.2 Å². The molecule has 2 heterocycles. The number of fused-ring (bicyclic) bond motifs is 1. The number of urea groups is 1. The average Bonchev–Trinajstić information content (AvgIpc) is 3.32. The van der Waals surface area contributed by atoms with Crippen molar-refractivity contribution >= 4 is 37.4 Å². The molecule has 0 spiro atoms. The van der Waals surface area contributed by atoms with Crippen LogP contribution in [0, 0.1) is 0 Å². The molecule has 0 bridgehead atoms. The quantitative estimate of drug-likeness (QED) is 0.667. The summed E-state index contributed by atoms with van der Waals surface area (Å²) in [5, 5.41) is 3.98. The van der Waals surface area contributed by atoms with Gasteiger partial charge in [-0.1, -0.05) is 36.4 Å². The topological polar surface area (TPSA) is 79.4 Å². The number of hydrogen-bond acceptors (Lipinski definition) is 5. The Morgan fingerprint density at radius 1 is 1.17 bits per heavy atom. The fraction of sp³-hybridized carbons (Fsp3) is 0.333. The summed E-state index contributed by atoms with van der Waals surface area (Å²) in [5.41, 5.74) is 2.67. The minimum atomic E-state index is -3.05. The highest BCUT2D eigenvalue weighted by Gasteiger charge is 2.32. The van der Waals surface area contributed by atoms with E-state index in [9.17, 15) is 13.2 Å². The van der Waals surface area contributed by atoms with Crippen LogP contribution in [0.1, 0.15) is 35.0 Å². The number of carbonyl (C=O) groups is 1. The van der Waals surface area contributed by atoms with E-state index in [0.29, 0.717) is 6.54 Å². The Kier molecular flexibility index (Phi) is 5.56. The van der Waals surface area contributed by atoms with E-state index in [2.05, 4.69) is 11.4 Å². The van der Waals surface area contributed by atoms with Gasteiger partial charge in [-0.15, -0.1) is 11.3 Å². The largest absolute Gasteiger partial charge is 0.334 e. The molecular formula is C21H23N3O3S2. The zero-order valence-corrected chi connectivity index (χ0v) is 17.8. The summed E-state index contributed by atoms with van der Waals surface area (Å²) in [6, 6.07) is 15.3. The van der Waals surface area contributed by atoms with Gasteiger partial charge in [-0.25, -0.2) is 18.2 Å². The lowest BCUT2D eigenvalue weighted by molar-refractivity contribution is 0.192. The van der Waals surface area contributed by atoms with Gasteiger partial charge in [0.2, 0.25) is 0 Å². The normalized spacial score (nSPS) is 17.0. The molecule has 1 aliphatic heterocycles. The van der Waals surface area contributed by atoms with Gasteiger partial charge in [-0.2, -0.15) is 0 Å². The summed E-state index contributed by atoms with van der Waals surface area (Å²) >= 11 is 1.65. The molecule has 29 heavy (non-hydrogen) atoms. The maximum Gasteiger partial charge on any atom is 0.318 e. The molecule has 1 unspecified atom stereocenters. The van der Waals surface area contributed by atoms with Crippen molar-refractivity contribution in [3.63, 3.8) is 0 Å². The first-order chi connectivity index (χ1) is 13.9. The lowest BCUT2D eigenvalue weighted by Crippen LogP contribution is -2.39. The van der Waals surface area contributed by atoms with Crippen LogP contribution in [0.5, 0.6) is 0 Å². The van der Waals surface area contributed by atoms with Crippen LogP contribution in [0.2, 0.25) is 0 Å². The van der Waals surface area contributed by atoms with E-state index in [-0.39, 0.29) is 17.8 Å². The third-order valence-electron chi connectivity index (χ3n) is 5.00. The molecule has 1 aliphatic rings. The second-order valence-corrected chi connectivity index (χ2v) is 10.6. The number of hydrogen-bond donors (Lipinski definition) is 1. The third kappa shape index (κ3) is 4.76. The number of likely N-dealkylation sites (tertiary alicyclic amines) is 1. The smallest absolute Gasteiger partial charge is 0.318 e. The molecule has 1 fully saturated rings. The number of aromatic nitrogens is 1. The van der Waals surface area contributed by atoms with E-state index in [1.807, 2.05) is 35.2 Å². The molecule has 152 valence electrons. The number of carbonyl (C=O) groups excluding carboxylic acids is 1. The molecule has 6 nitrogen and oxygen atoms in total. The summed E-state index contributed by atoms with van der Waals surface area (Å²) in [6.45, 7) is 1.13. The second-order valence-electron chi connectivity index (χ2n) is 7.42. The second kappa shape index (κ2) is 8.12. The monoisotopic (exact) mass is 429 g/mol. The summed E-state index contributed by atoms with van der Waals surface area (Å²) in [7, 11) is -3.05. The predicted molar refractivity (Wildman–Crippen MR) is 116 cm³/mol. The molecule has 0 saturated carbocycles. The van der Waals surface area contributed by atoms with E-state index in [4.69, 9.17) is 4.98 Å². The van der Waals surface area contributed by atoms with Crippen molar-refractivity contribution in [2.24, 2.45) is 0 Å². The average molecular weight is 430 g/mol. The molecule has 0 aliphatic carbocycles. The number of nitrogens with zero attached hydrogens (tertiary/aromatic N) is 2. The van der Waals surface area contributed by atoms with E-state index >= 15 is 0 Å². The van der Waals surface area contributed by atoms with Crippen molar-refractivity contribution in [1.29, 1.82) is 0 Å². The molecule has 1 N–H and O–H groups in total. The number of para-hydroxylation sites is 1. The number of benzene rings is 2. The van der Waals surface area contributed by atoms with Gasteiger partial charge in [0, 0.05) is 19.3 Å². The van der Waals surface area contributed by atoms with E-state index in [1.165, 1.54) is 6.26 Å². The maximum absolute atomic E-state index is 12.8. The van der Waals surface area contributed by atoms with Crippen molar-refractivity contribution in [3.05, 3.63) is 64.7 Å². The minimum Gasteiger partial charge on any atom is -0.334 e. The fourth-order valence-electron chi connectivity index (χ4n) is 3.63. The van der Waals surface area contributed by atoms with Crippen LogP contribution in [-0.4, -0.2) is 37.1 Å². The number of thiazole rings is 1. The van der Waals surface area contributed by atoms with Gasteiger partial charge < -0.3 is 10.2 Å². The summed E-state index contributed by atoms with van der Waals surface area (Å²) in [6.07, 6.45) is 3.11. The van der Waals surface area contributed by atoms with Crippen molar-refractivity contribution in [1.82, 2.24) is 15.2 Å². The zero-order valence-electron chi connectivity index (χ0n) is 16.2. The molecule has 1 aromatic heterocycles. The molecular weight excluding hydrogens is 406 g/mol. The highest BCUT2D eigenvalue weighted by molar-refractivity contribution is 7.89. The minimum absolute atomic E-state index is 0.0181. The highest BCUT2D eigenvalue weighted by Crippen LogP contribution is 2.36. The van der Waals surface area contributed by atoms with Crippen LogP contribution in [0.4, 0.5) is 4.79 Å². The zero-order chi connectivity index (χ0) is 20.4. The van der Waals surface area contributed by atoms with Gasteiger partial charge in [0.05, 0.1) is 22.0 Å². The van der Waals surface area contributed by atoms with Crippen LogP contribution in [0.15, 0.2) is 48.5 Å². The van der Waals surface area contributed by atoms with Gasteiger partial charge in [-0.05, 0) is 36.1 Å². The number of rotatable bonds is 5. The predicted octanol–water partition coefficient (Wildman–Crippen LogP) is 3.89. The van der Waals surface area contributed by atoms with Crippen molar-refractivity contribution in [2.75, 3.05) is 12.8 Å². The van der Waals surface area contributed by atoms with Crippen LogP contribution >= 0.6 is 11.3 Å². The molecule has 4 rings (SSSR count). The molecule has 8 heteroatoms. The van der Waals surface area contributed by atoms with Crippen molar-refractivity contribution < 1.29 is 13.2 Å². The summed E-state index contributed by atoms with van der Waals surface area (Å²) in [4.78, 5) is 19.4. The summed E-state index contributed by atoms with van der Waals surface area (Å²) in [5.74, 6) is 0.0251. The van der Waals surface area contributed by atoms with E-state index in [1.54, 1.807) is 23.5 Å². The molecule has 2 aromatic carbocycles. The van der Waals surface area contributed by atoms with Gasteiger partial charge >= 0.3 is 6.03 Å². The molecule has 1 atom stereocenters. The molecule has 3 aromatic rings. The van der Waals surface area contributed by atoms with Gasteiger partial charge in [-0.3, -0.25) is 0 Å². The van der Waals surface area contributed by atoms with Crippen LogP contribution in [0.3, 0.4) is 0 Å². The Morgan fingerprint density at radius 2 is 1.90 bits per heavy atom. The van der Waals surface area contributed by atoms with E-state index in [0.717, 1.165) is 45.7 Å². The van der Waals surface area contributed by atoms with E-state index < -0.39 is 9.84 Å². The first-order valence-corrected chi connectivity index (χ1v) is 12.4. The first kappa shape index (κ1) is 19.8.